The van der Waals surface area contributed by atoms with Gasteiger partial charge in [0, 0.05) is 6.08 Å². The van der Waals surface area contributed by atoms with E-state index in [9.17, 15) is 9.90 Å². The van der Waals surface area contributed by atoms with Gasteiger partial charge in [-0.15, -0.1) is 0 Å². The zero-order chi connectivity index (χ0) is 22.0. The summed E-state index contributed by atoms with van der Waals surface area (Å²) in [7, 11) is 0. The van der Waals surface area contributed by atoms with Crippen LogP contribution in [0.3, 0.4) is 0 Å². The monoisotopic (exact) mass is 414 g/mol. The smallest absolute Gasteiger partial charge is 0.330 e. The lowest BCUT2D eigenvalue weighted by molar-refractivity contribution is -0.139. The maximum absolute atomic E-state index is 11.6. The van der Waals surface area contributed by atoms with Crippen LogP contribution in [0.4, 0.5) is 0 Å². The van der Waals surface area contributed by atoms with E-state index in [1.165, 1.54) is 18.2 Å². The SMILES string of the molecule is C=C/C(=C\C=C\C(=O)OCCOCCO)C(O)C(C)(C=CC)OCCOCCO. The number of aliphatic hydroxyl groups is 3. The van der Waals surface area contributed by atoms with Crippen molar-refractivity contribution < 1.29 is 39.1 Å². The van der Waals surface area contributed by atoms with Crippen molar-refractivity contribution in [3.8, 4) is 0 Å². The lowest BCUT2D eigenvalue weighted by atomic mass is 9.91. The minimum atomic E-state index is -1.04. The molecule has 0 rings (SSSR count). The normalized spacial score (nSPS) is 15.6. The third kappa shape index (κ3) is 12.4. The van der Waals surface area contributed by atoms with Crippen molar-refractivity contribution in [1.82, 2.24) is 0 Å². The summed E-state index contributed by atoms with van der Waals surface area (Å²) in [5.74, 6) is -0.555. The number of hydrogen-bond acceptors (Lipinski definition) is 8. The van der Waals surface area contributed by atoms with Gasteiger partial charge in [0.2, 0.25) is 0 Å². The average molecular weight is 414 g/mol. The molecule has 0 aliphatic heterocycles. The highest BCUT2D eigenvalue weighted by molar-refractivity contribution is 5.82. The molecule has 0 aromatic heterocycles. The second-order valence-corrected chi connectivity index (χ2v) is 6.00. The summed E-state index contributed by atoms with van der Waals surface area (Å²) in [5.41, 5.74) is -0.576. The molecule has 0 aromatic carbocycles. The predicted molar refractivity (Wildman–Crippen MR) is 109 cm³/mol. The van der Waals surface area contributed by atoms with E-state index in [1.54, 1.807) is 25.2 Å². The van der Waals surface area contributed by atoms with E-state index in [2.05, 4.69) is 6.58 Å². The van der Waals surface area contributed by atoms with Gasteiger partial charge in [0.1, 0.15) is 18.3 Å². The molecular formula is C21H34O8. The van der Waals surface area contributed by atoms with Gasteiger partial charge in [-0.3, -0.25) is 0 Å². The van der Waals surface area contributed by atoms with Crippen LogP contribution in [-0.2, 0) is 23.7 Å². The molecule has 0 aliphatic rings. The molecule has 29 heavy (non-hydrogen) atoms. The Kier molecular flexibility index (Phi) is 16.0. The first-order chi connectivity index (χ1) is 13.9. The number of carbonyl (C=O) groups excluding carboxylic acids is 1. The fraction of sp³-hybridized carbons (Fsp3) is 0.571. The van der Waals surface area contributed by atoms with Gasteiger partial charge in [0.25, 0.3) is 0 Å². The van der Waals surface area contributed by atoms with E-state index < -0.39 is 17.7 Å². The molecule has 0 heterocycles. The number of ether oxygens (including phenoxy) is 4. The summed E-state index contributed by atoms with van der Waals surface area (Å²) in [6.45, 7) is 8.29. The molecule has 0 radical (unpaired) electrons. The fourth-order valence-corrected chi connectivity index (χ4v) is 2.29. The summed E-state index contributed by atoms with van der Waals surface area (Å²) in [5, 5.41) is 28.1. The van der Waals surface area contributed by atoms with Gasteiger partial charge in [-0.05, 0) is 19.4 Å². The quantitative estimate of drug-likeness (QED) is 0.106. The molecule has 0 saturated heterocycles. The van der Waals surface area contributed by atoms with Gasteiger partial charge >= 0.3 is 5.97 Å². The zero-order valence-corrected chi connectivity index (χ0v) is 17.3. The van der Waals surface area contributed by atoms with E-state index >= 15 is 0 Å². The molecule has 3 N–H and O–H groups in total. The van der Waals surface area contributed by atoms with Crippen molar-refractivity contribution in [1.29, 1.82) is 0 Å². The van der Waals surface area contributed by atoms with Crippen molar-refractivity contribution in [2.75, 3.05) is 52.9 Å². The Morgan fingerprint density at radius 3 is 2.24 bits per heavy atom. The van der Waals surface area contributed by atoms with Crippen LogP contribution in [0.5, 0.6) is 0 Å². The highest BCUT2D eigenvalue weighted by Gasteiger charge is 2.32. The van der Waals surface area contributed by atoms with Gasteiger partial charge in [-0.25, -0.2) is 4.79 Å². The summed E-state index contributed by atoms with van der Waals surface area (Å²) in [4.78, 5) is 11.6. The number of hydrogen-bond donors (Lipinski definition) is 3. The third-order valence-electron chi connectivity index (χ3n) is 3.70. The molecule has 0 spiro atoms. The molecule has 8 nitrogen and oxygen atoms in total. The predicted octanol–water partition coefficient (Wildman–Crippen LogP) is 0.928. The van der Waals surface area contributed by atoms with Crippen LogP contribution in [0.1, 0.15) is 13.8 Å². The second-order valence-electron chi connectivity index (χ2n) is 6.00. The van der Waals surface area contributed by atoms with Crippen LogP contribution in [0.25, 0.3) is 0 Å². The molecule has 2 atom stereocenters. The Morgan fingerprint density at radius 2 is 1.69 bits per heavy atom. The van der Waals surface area contributed by atoms with E-state index in [0.717, 1.165) is 0 Å². The van der Waals surface area contributed by atoms with Gasteiger partial charge in [-0.2, -0.15) is 0 Å². The largest absolute Gasteiger partial charge is 0.460 e. The van der Waals surface area contributed by atoms with Crippen molar-refractivity contribution in [2.45, 2.75) is 25.6 Å². The molecule has 0 fully saturated rings. The minimum absolute atomic E-state index is 0.0669. The van der Waals surface area contributed by atoms with E-state index in [4.69, 9.17) is 29.2 Å². The summed E-state index contributed by atoms with van der Waals surface area (Å²) < 4.78 is 20.9. The molecule has 0 bridgehead atoms. The van der Waals surface area contributed by atoms with Gasteiger partial charge in [-0.1, -0.05) is 37.0 Å². The Labute approximate surface area is 172 Å². The van der Waals surface area contributed by atoms with Crippen LogP contribution < -0.4 is 0 Å². The van der Waals surface area contributed by atoms with E-state index in [1.807, 2.05) is 6.92 Å². The van der Waals surface area contributed by atoms with Crippen LogP contribution in [0.15, 0.2) is 48.6 Å². The standard InChI is InChI=1S/C21H34O8/c1-4-9-21(3,29-17-15-27-13-11-23)20(25)18(5-2)7-6-8-19(24)28-16-14-26-12-10-22/h4-9,20,22-23,25H,2,10-17H2,1,3H3/b8-6+,9-4?,18-7+. The van der Waals surface area contributed by atoms with Crippen LogP contribution in [-0.4, -0.2) is 85.8 Å². The Balaban J connectivity index is 4.82. The second kappa shape index (κ2) is 17.1. The summed E-state index contributed by atoms with van der Waals surface area (Å²) in [6, 6.07) is 0. The van der Waals surface area contributed by atoms with Gasteiger partial charge in [0.15, 0.2) is 0 Å². The first-order valence-electron chi connectivity index (χ1n) is 9.45. The zero-order valence-electron chi connectivity index (χ0n) is 17.3. The summed E-state index contributed by atoms with van der Waals surface area (Å²) >= 11 is 0. The molecule has 0 amide bonds. The summed E-state index contributed by atoms with van der Waals surface area (Å²) in [6.07, 6.45) is 8.17. The van der Waals surface area contributed by atoms with Crippen LogP contribution >= 0.6 is 0 Å². The molecule has 0 aliphatic carbocycles. The number of esters is 1. The van der Waals surface area contributed by atoms with Crippen molar-refractivity contribution >= 4 is 5.97 Å². The minimum Gasteiger partial charge on any atom is -0.460 e. The lowest BCUT2D eigenvalue weighted by Crippen LogP contribution is -2.42. The van der Waals surface area contributed by atoms with E-state index in [0.29, 0.717) is 5.57 Å². The molecule has 0 aromatic rings. The number of allylic oxidation sites excluding steroid dienone is 3. The third-order valence-corrected chi connectivity index (χ3v) is 3.70. The van der Waals surface area contributed by atoms with Crippen LogP contribution in [0, 0.1) is 0 Å². The molecule has 166 valence electrons. The van der Waals surface area contributed by atoms with Gasteiger partial charge < -0.3 is 34.3 Å². The lowest BCUT2D eigenvalue weighted by Gasteiger charge is -2.32. The van der Waals surface area contributed by atoms with Gasteiger partial charge in [0.05, 0.1) is 46.2 Å². The first kappa shape index (κ1) is 27.2. The molecule has 2 unspecified atom stereocenters. The van der Waals surface area contributed by atoms with Crippen molar-refractivity contribution in [3.05, 3.63) is 48.6 Å². The average Bonchev–Trinajstić information content (AvgIpc) is 2.70. The first-order valence-corrected chi connectivity index (χ1v) is 9.45. The number of carbonyl (C=O) groups is 1. The number of aliphatic hydroxyl groups excluding tert-OH is 3. The fourth-order valence-electron chi connectivity index (χ4n) is 2.29. The molecular weight excluding hydrogens is 380 g/mol. The van der Waals surface area contributed by atoms with Crippen LogP contribution in [0.2, 0.25) is 0 Å². The van der Waals surface area contributed by atoms with E-state index in [-0.39, 0.29) is 52.9 Å². The Hall–Kier alpha value is -1.81. The Bertz CT molecular complexity index is 541. The molecule has 8 heteroatoms. The Morgan fingerprint density at radius 1 is 1.07 bits per heavy atom. The molecule has 0 saturated carbocycles. The van der Waals surface area contributed by atoms with Crippen molar-refractivity contribution in [2.24, 2.45) is 0 Å². The number of rotatable bonds is 17. The topological polar surface area (TPSA) is 115 Å². The maximum Gasteiger partial charge on any atom is 0.330 e. The highest BCUT2D eigenvalue weighted by atomic mass is 16.6. The maximum atomic E-state index is 11.6. The highest BCUT2D eigenvalue weighted by Crippen LogP contribution is 2.24. The van der Waals surface area contributed by atoms with Crippen molar-refractivity contribution in [3.63, 3.8) is 0 Å².